The molecule has 0 saturated heterocycles. The van der Waals surface area contributed by atoms with Gasteiger partial charge >= 0.3 is 6.18 Å². The first-order valence-electron chi connectivity index (χ1n) is 7.32. The Bertz CT molecular complexity index is 792. The van der Waals surface area contributed by atoms with E-state index in [0.717, 1.165) is 48.7 Å². The zero-order valence-electron chi connectivity index (χ0n) is 12.5. The summed E-state index contributed by atoms with van der Waals surface area (Å²) in [4.78, 5) is 16.3. The summed E-state index contributed by atoms with van der Waals surface area (Å²) in [5.41, 5.74) is 0.761. The van der Waals surface area contributed by atoms with Crippen molar-refractivity contribution in [1.82, 2.24) is 10.3 Å². The van der Waals surface area contributed by atoms with Gasteiger partial charge in [-0.1, -0.05) is 6.08 Å². The van der Waals surface area contributed by atoms with E-state index >= 15 is 0 Å². The zero-order chi connectivity index (χ0) is 16.6. The molecule has 0 saturated carbocycles. The van der Waals surface area contributed by atoms with Crippen LogP contribution in [0.2, 0.25) is 0 Å². The number of halogens is 3. The second-order valence-corrected chi connectivity index (χ2v) is 6.31. The molecule has 1 aliphatic carbocycles. The molecular weight excluding hydrogens is 325 g/mol. The van der Waals surface area contributed by atoms with E-state index in [9.17, 15) is 18.0 Å². The fraction of sp³-hybridized carbons (Fsp3) is 0.375. The van der Waals surface area contributed by atoms with Crippen molar-refractivity contribution in [2.24, 2.45) is 0 Å². The molecule has 0 radical (unpaired) electrons. The van der Waals surface area contributed by atoms with Gasteiger partial charge in [0.05, 0.1) is 27.0 Å². The third kappa shape index (κ3) is 2.97. The molecule has 0 atom stereocenters. The lowest BCUT2D eigenvalue weighted by atomic mass is 9.96. The van der Waals surface area contributed by atoms with Crippen molar-refractivity contribution in [2.75, 3.05) is 7.05 Å². The average Bonchev–Trinajstić information content (AvgIpc) is 2.97. The van der Waals surface area contributed by atoms with Crippen LogP contribution in [0.1, 0.15) is 47.3 Å². The van der Waals surface area contributed by atoms with Crippen molar-refractivity contribution in [1.29, 1.82) is 0 Å². The van der Waals surface area contributed by atoms with Crippen molar-refractivity contribution in [2.45, 2.75) is 31.9 Å². The molecule has 23 heavy (non-hydrogen) atoms. The van der Waals surface area contributed by atoms with Crippen molar-refractivity contribution in [3.05, 3.63) is 34.3 Å². The highest BCUT2D eigenvalue weighted by atomic mass is 32.1. The summed E-state index contributed by atoms with van der Waals surface area (Å²) in [6.45, 7) is 0. The number of aromatic nitrogens is 1. The van der Waals surface area contributed by atoms with Gasteiger partial charge in [0.1, 0.15) is 0 Å². The first-order chi connectivity index (χ1) is 10.9. The van der Waals surface area contributed by atoms with Crippen LogP contribution in [0.25, 0.3) is 15.8 Å². The molecule has 2 aromatic rings. The van der Waals surface area contributed by atoms with Gasteiger partial charge in [0.2, 0.25) is 0 Å². The van der Waals surface area contributed by atoms with E-state index in [-0.39, 0.29) is 15.8 Å². The Morgan fingerprint density at radius 1 is 1.35 bits per heavy atom. The third-order valence-electron chi connectivity index (χ3n) is 3.92. The summed E-state index contributed by atoms with van der Waals surface area (Å²) in [5, 5.41) is 3.88. The summed E-state index contributed by atoms with van der Waals surface area (Å²) >= 11 is 0.904. The highest BCUT2D eigenvalue weighted by Crippen LogP contribution is 2.40. The number of nitrogens with zero attached hydrogens (tertiary/aromatic N) is 1. The second-order valence-electron chi connectivity index (χ2n) is 5.43. The van der Waals surface area contributed by atoms with E-state index in [1.165, 1.54) is 12.4 Å². The molecule has 0 fully saturated rings. The molecule has 2 aromatic heterocycles. The Morgan fingerprint density at radius 2 is 2.13 bits per heavy atom. The predicted molar refractivity (Wildman–Crippen MR) is 84.5 cm³/mol. The van der Waals surface area contributed by atoms with Crippen molar-refractivity contribution < 1.29 is 18.0 Å². The molecule has 3 nitrogen and oxygen atoms in total. The van der Waals surface area contributed by atoms with Crippen LogP contribution in [0.3, 0.4) is 0 Å². The standard InChI is InChI=1S/C16H15F3N2OS/c1-20-15(22)10-8-23-14-11(16(17,18)19)7-12(21-13(10)14)9-5-3-2-4-6-9/h5,7-8H,2-4,6H2,1H3,(H,20,22). The number of hydrogen-bond acceptors (Lipinski definition) is 3. The van der Waals surface area contributed by atoms with Gasteiger partial charge in [-0.2, -0.15) is 13.2 Å². The molecule has 1 N–H and O–H groups in total. The van der Waals surface area contributed by atoms with Crippen LogP contribution >= 0.6 is 11.3 Å². The van der Waals surface area contributed by atoms with Gasteiger partial charge in [-0.05, 0) is 37.3 Å². The van der Waals surface area contributed by atoms with Gasteiger partial charge in [0.15, 0.2) is 0 Å². The highest BCUT2D eigenvalue weighted by Gasteiger charge is 2.35. The Labute approximate surface area is 135 Å². The molecule has 0 bridgehead atoms. The van der Waals surface area contributed by atoms with Crippen LogP contribution in [-0.4, -0.2) is 17.9 Å². The normalized spacial score (nSPS) is 15.6. The molecule has 0 aromatic carbocycles. The largest absolute Gasteiger partial charge is 0.417 e. The van der Waals surface area contributed by atoms with Gasteiger partial charge in [-0.25, -0.2) is 4.98 Å². The maximum absolute atomic E-state index is 13.4. The Kier molecular flexibility index (Phi) is 4.14. The minimum Gasteiger partial charge on any atom is -0.355 e. The summed E-state index contributed by atoms with van der Waals surface area (Å²) < 4.78 is 40.3. The minimum atomic E-state index is -4.48. The van der Waals surface area contributed by atoms with Crippen LogP contribution in [0, 0.1) is 0 Å². The predicted octanol–water partition coefficient (Wildman–Crippen LogP) is 4.63. The lowest BCUT2D eigenvalue weighted by Gasteiger charge is -2.15. The molecule has 122 valence electrons. The average molecular weight is 340 g/mol. The zero-order valence-corrected chi connectivity index (χ0v) is 13.3. The summed E-state index contributed by atoms with van der Waals surface area (Å²) in [5.74, 6) is -0.424. The number of allylic oxidation sites excluding steroid dienone is 2. The van der Waals surface area contributed by atoms with Gasteiger partial charge in [-0.3, -0.25) is 4.79 Å². The van der Waals surface area contributed by atoms with E-state index in [2.05, 4.69) is 10.3 Å². The molecular formula is C16H15F3N2OS. The van der Waals surface area contributed by atoms with E-state index in [1.54, 1.807) is 0 Å². The Hall–Kier alpha value is -1.89. The maximum atomic E-state index is 13.4. The number of fused-ring (bicyclic) bond motifs is 1. The number of alkyl halides is 3. The van der Waals surface area contributed by atoms with Crippen molar-refractivity contribution >= 4 is 33.0 Å². The number of nitrogens with one attached hydrogen (secondary N) is 1. The van der Waals surface area contributed by atoms with Gasteiger partial charge in [-0.15, -0.1) is 11.3 Å². The Morgan fingerprint density at radius 3 is 2.74 bits per heavy atom. The van der Waals surface area contributed by atoms with Gasteiger partial charge in [0.25, 0.3) is 5.91 Å². The lowest BCUT2D eigenvalue weighted by Crippen LogP contribution is -2.17. The fourth-order valence-corrected chi connectivity index (χ4v) is 3.77. The maximum Gasteiger partial charge on any atom is 0.417 e. The monoisotopic (exact) mass is 340 g/mol. The van der Waals surface area contributed by atoms with Gasteiger partial charge in [0, 0.05) is 12.4 Å². The number of rotatable bonds is 2. The SMILES string of the molecule is CNC(=O)c1csc2c(C(F)(F)F)cc(C3=CCCCC3)nc12. The number of hydrogen-bond donors (Lipinski definition) is 1. The van der Waals surface area contributed by atoms with Gasteiger partial charge < -0.3 is 5.32 Å². The number of carbonyl (C=O) groups is 1. The summed E-state index contributed by atoms with van der Waals surface area (Å²) in [6.07, 6.45) is 1.02. The van der Waals surface area contributed by atoms with Crippen LogP contribution in [0.5, 0.6) is 0 Å². The lowest BCUT2D eigenvalue weighted by molar-refractivity contribution is -0.136. The van der Waals surface area contributed by atoms with Crippen molar-refractivity contribution in [3.8, 4) is 0 Å². The molecule has 1 aliphatic rings. The summed E-state index contributed by atoms with van der Waals surface area (Å²) in [7, 11) is 1.45. The van der Waals surface area contributed by atoms with Crippen LogP contribution in [0.4, 0.5) is 13.2 Å². The molecule has 0 spiro atoms. The number of amides is 1. The van der Waals surface area contributed by atoms with Crippen molar-refractivity contribution in [3.63, 3.8) is 0 Å². The third-order valence-corrected chi connectivity index (χ3v) is 4.92. The first-order valence-corrected chi connectivity index (χ1v) is 8.20. The number of thiophene rings is 1. The number of pyridine rings is 1. The fourth-order valence-electron chi connectivity index (χ4n) is 2.75. The van der Waals surface area contributed by atoms with E-state index in [1.807, 2.05) is 6.08 Å². The molecule has 7 heteroatoms. The van der Waals surface area contributed by atoms with Crippen LogP contribution < -0.4 is 5.32 Å². The van der Waals surface area contributed by atoms with E-state index in [4.69, 9.17) is 0 Å². The molecule has 2 heterocycles. The second kappa shape index (κ2) is 5.96. The quantitative estimate of drug-likeness (QED) is 0.866. The van der Waals surface area contributed by atoms with E-state index in [0.29, 0.717) is 5.69 Å². The van der Waals surface area contributed by atoms with Crippen LogP contribution in [0.15, 0.2) is 17.5 Å². The highest BCUT2D eigenvalue weighted by molar-refractivity contribution is 7.17. The first kappa shape index (κ1) is 16.0. The topological polar surface area (TPSA) is 42.0 Å². The van der Waals surface area contributed by atoms with E-state index < -0.39 is 17.6 Å². The molecule has 1 amide bonds. The number of carbonyl (C=O) groups excluding carboxylic acids is 1. The summed E-state index contributed by atoms with van der Waals surface area (Å²) in [6, 6.07) is 1.11. The Balaban J connectivity index is 2.26. The molecule has 3 rings (SSSR count). The molecule has 0 unspecified atom stereocenters. The minimum absolute atomic E-state index is 0.0104. The smallest absolute Gasteiger partial charge is 0.355 e. The molecule has 0 aliphatic heterocycles. The van der Waals surface area contributed by atoms with Crippen LogP contribution in [-0.2, 0) is 6.18 Å².